The molecule has 92 valence electrons. The number of aryl methyl sites for hydroxylation is 1. The van der Waals surface area contributed by atoms with Crippen LogP contribution in [0.25, 0.3) is 5.65 Å². The summed E-state index contributed by atoms with van der Waals surface area (Å²) in [6, 6.07) is 6.23. The Morgan fingerprint density at radius 1 is 1.29 bits per heavy atom. The van der Waals surface area contributed by atoms with Crippen LogP contribution in [0, 0.1) is 6.92 Å². The highest BCUT2D eigenvalue weighted by Gasteiger charge is 2.19. The van der Waals surface area contributed by atoms with Crippen molar-refractivity contribution in [3.05, 3.63) is 35.3 Å². The summed E-state index contributed by atoms with van der Waals surface area (Å²) in [5.74, 6) is 0.766. The van der Waals surface area contributed by atoms with Crippen molar-refractivity contribution in [1.29, 1.82) is 0 Å². The topological polar surface area (TPSA) is 43.3 Å². The predicted octanol–water partition coefficient (Wildman–Crippen LogP) is 2.83. The number of rotatable bonds is 3. The average Bonchev–Trinajstić information content (AvgIpc) is 2.69. The molecule has 0 aliphatic carbocycles. The van der Waals surface area contributed by atoms with Crippen molar-refractivity contribution >= 4 is 5.65 Å². The van der Waals surface area contributed by atoms with E-state index in [0.29, 0.717) is 18.4 Å². The van der Waals surface area contributed by atoms with E-state index in [1.54, 1.807) is 0 Å². The molecular weight excluding hydrogens is 210 g/mol. The first-order valence-electron chi connectivity index (χ1n) is 6.24. The number of fused-ring (bicyclic) bond motifs is 1. The van der Waals surface area contributed by atoms with Gasteiger partial charge in [-0.15, -0.1) is 0 Å². The Morgan fingerprint density at radius 2 is 2.00 bits per heavy atom. The van der Waals surface area contributed by atoms with Gasteiger partial charge in [0.15, 0.2) is 0 Å². The van der Waals surface area contributed by atoms with Crippen LogP contribution in [0.3, 0.4) is 0 Å². The van der Waals surface area contributed by atoms with Crippen molar-refractivity contribution in [2.24, 2.45) is 5.73 Å². The fourth-order valence-electron chi connectivity index (χ4n) is 2.31. The van der Waals surface area contributed by atoms with Crippen LogP contribution in [0.4, 0.5) is 0 Å². The maximum absolute atomic E-state index is 5.83. The molecule has 0 amide bonds. The number of hydrogen-bond acceptors (Lipinski definition) is 2. The fraction of sp³-hybridized carbons (Fsp3) is 0.500. The molecule has 0 aromatic carbocycles. The van der Waals surface area contributed by atoms with E-state index in [9.17, 15) is 0 Å². The van der Waals surface area contributed by atoms with Crippen molar-refractivity contribution in [1.82, 2.24) is 9.38 Å². The number of pyridine rings is 1. The minimum absolute atomic E-state index is 0.337. The molecule has 0 fully saturated rings. The zero-order valence-corrected chi connectivity index (χ0v) is 11.1. The van der Waals surface area contributed by atoms with Crippen LogP contribution in [0.5, 0.6) is 0 Å². The maximum atomic E-state index is 5.83. The predicted molar refractivity (Wildman–Crippen MR) is 71.5 cm³/mol. The lowest BCUT2D eigenvalue weighted by molar-refractivity contribution is 0.698. The van der Waals surface area contributed by atoms with Crippen molar-refractivity contribution in [2.75, 3.05) is 6.54 Å². The average molecular weight is 231 g/mol. The van der Waals surface area contributed by atoms with E-state index < -0.39 is 0 Å². The summed E-state index contributed by atoms with van der Waals surface area (Å²) < 4.78 is 2.24. The minimum atomic E-state index is 0.337. The number of aromatic nitrogens is 2. The molecule has 0 aliphatic rings. The summed E-state index contributed by atoms with van der Waals surface area (Å²) in [7, 11) is 0. The van der Waals surface area contributed by atoms with Crippen LogP contribution in [0.1, 0.15) is 49.7 Å². The van der Waals surface area contributed by atoms with Gasteiger partial charge in [0.05, 0.1) is 11.4 Å². The molecule has 0 aliphatic heterocycles. The van der Waals surface area contributed by atoms with E-state index in [1.165, 1.54) is 17.1 Å². The van der Waals surface area contributed by atoms with Crippen molar-refractivity contribution in [3.8, 4) is 0 Å². The first-order valence-corrected chi connectivity index (χ1v) is 6.24. The Bertz CT molecular complexity index is 525. The molecular formula is C14H21N3. The normalized spacial score (nSPS) is 13.5. The lowest BCUT2D eigenvalue weighted by atomic mass is 10.00. The van der Waals surface area contributed by atoms with E-state index >= 15 is 0 Å². The Labute approximate surface area is 103 Å². The Kier molecular flexibility index (Phi) is 3.20. The van der Waals surface area contributed by atoms with E-state index in [0.717, 1.165) is 5.65 Å². The van der Waals surface area contributed by atoms with Crippen LogP contribution in [-0.2, 0) is 0 Å². The number of nitrogens with zero attached hydrogens (tertiary/aromatic N) is 2. The summed E-state index contributed by atoms with van der Waals surface area (Å²) in [4.78, 5) is 4.75. The first-order chi connectivity index (χ1) is 8.06. The molecule has 0 radical (unpaired) electrons. The van der Waals surface area contributed by atoms with Crippen molar-refractivity contribution in [3.63, 3.8) is 0 Å². The van der Waals surface area contributed by atoms with Gasteiger partial charge in [-0.2, -0.15) is 0 Å². The monoisotopic (exact) mass is 231 g/mol. The zero-order chi connectivity index (χ0) is 12.6. The summed E-state index contributed by atoms with van der Waals surface area (Å²) in [6.45, 7) is 9.31. The lowest BCUT2D eigenvalue weighted by Gasteiger charge is -2.14. The largest absolute Gasteiger partial charge is 0.330 e. The molecule has 17 heavy (non-hydrogen) atoms. The van der Waals surface area contributed by atoms with Gasteiger partial charge >= 0.3 is 0 Å². The summed E-state index contributed by atoms with van der Waals surface area (Å²) >= 11 is 0. The van der Waals surface area contributed by atoms with Gasteiger partial charge in [-0.1, -0.05) is 26.8 Å². The van der Waals surface area contributed by atoms with Crippen molar-refractivity contribution < 1.29 is 0 Å². The molecule has 3 heteroatoms. The second kappa shape index (κ2) is 4.49. The van der Waals surface area contributed by atoms with E-state index in [1.807, 2.05) is 0 Å². The molecule has 2 rings (SSSR count). The van der Waals surface area contributed by atoms with Gasteiger partial charge in [-0.05, 0) is 25.0 Å². The summed E-state index contributed by atoms with van der Waals surface area (Å²) in [5, 5.41) is 0. The van der Waals surface area contributed by atoms with Gasteiger partial charge in [0, 0.05) is 18.2 Å². The van der Waals surface area contributed by atoms with E-state index in [-0.39, 0.29) is 0 Å². The van der Waals surface area contributed by atoms with Crippen molar-refractivity contribution in [2.45, 2.75) is 39.5 Å². The highest BCUT2D eigenvalue weighted by Crippen LogP contribution is 2.27. The molecule has 0 saturated heterocycles. The molecule has 0 saturated carbocycles. The van der Waals surface area contributed by atoms with Gasteiger partial charge in [0.1, 0.15) is 5.65 Å². The quantitative estimate of drug-likeness (QED) is 0.882. The molecule has 1 atom stereocenters. The molecule has 2 N–H and O–H groups in total. The number of imidazole rings is 1. The molecule has 2 heterocycles. The van der Waals surface area contributed by atoms with Gasteiger partial charge < -0.3 is 10.1 Å². The highest BCUT2D eigenvalue weighted by atomic mass is 15.0. The van der Waals surface area contributed by atoms with Gasteiger partial charge in [-0.3, -0.25) is 0 Å². The minimum Gasteiger partial charge on any atom is -0.330 e. The smallest absolute Gasteiger partial charge is 0.137 e. The molecule has 0 bridgehead atoms. The lowest BCUT2D eigenvalue weighted by Crippen LogP contribution is -2.14. The first kappa shape index (κ1) is 12.1. The van der Waals surface area contributed by atoms with Crippen LogP contribution >= 0.6 is 0 Å². The van der Waals surface area contributed by atoms with Gasteiger partial charge in [-0.25, -0.2) is 4.98 Å². The van der Waals surface area contributed by atoms with Crippen LogP contribution < -0.4 is 5.73 Å². The molecule has 2 aromatic heterocycles. The second-order valence-corrected chi connectivity index (χ2v) is 5.03. The third-order valence-corrected chi connectivity index (χ3v) is 3.27. The van der Waals surface area contributed by atoms with Crippen LogP contribution in [0.2, 0.25) is 0 Å². The molecule has 0 spiro atoms. The fourth-order valence-corrected chi connectivity index (χ4v) is 2.31. The van der Waals surface area contributed by atoms with Crippen LogP contribution in [-0.4, -0.2) is 15.9 Å². The Morgan fingerprint density at radius 3 is 2.59 bits per heavy atom. The molecule has 1 unspecified atom stereocenters. The Balaban J connectivity index is 2.78. The highest BCUT2D eigenvalue weighted by molar-refractivity contribution is 5.46. The second-order valence-electron chi connectivity index (χ2n) is 5.03. The summed E-state index contributed by atoms with van der Waals surface area (Å²) in [5.41, 5.74) is 10.5. The number of nitrogens with two attached hydrogens (primary N) is 1. The maximum Gasteiger partial charge on any atom is 0.137 e. The van der Waals surface area contributed by atoms with E-state index in [2.05, 4.69) is 50.3 Å². The molecule has 3 nitrogen and oxygen atoms in total. The van der Waals surface area contributed by atoms with Crippen LogP contribution in [0.15, 0.2) is 18.2 Å². The zero-order valence-electron chi connectivity index (χ0n) is 11.1. The standard InChI is InChI=1S/C14H21N3/c1-9(2)13-14(10(3)8-15)17-11(4)6-5-7-12(17)16-13/h5-7,9-10H,8,15H2,1-4H3. The third kappa shape index (κ3) is 1.95. The summed E-state index contributed by atoms with van der Waals surface area (Å²) in [6.07, 6.45) is 0. The molecule has 2 aromatic rings. The van der Waals surface area contributed by atoms with Gasteiger partial charge in [0.2, 0.25) is 0 Å². The SMILES string of the molecule is Cc1cccc2nc(C(C)C)c(C(C)CN)n12. The van der Waals surface area contributed by atoms with E-state index in [4.69, 9.17) is 10.7 Å². The van der Waals surface area contributed by atoms with Gasteiger partial charge in [0.25, 0.3) is 0 Å². The number of hydrogen-bond donors (Lipinski definition) is 1. The third-order valence-electron chi connectivity index (χ3n) is 3.27. The Hall–Kier alpha value is -1.35.